The summed E-state index contributed by atoms with van der Waals surface area (Å²) in [6, 6.07) is 4.52. The number of carbonyl (C=O) groups is 2. The standard InChI is InChI=1S/C12H16N2O4/c1-3-17-12(16)8-4-5-10(9(13)6-8)18-7-11(15)14-2/h4-6H,3,7,13H2,1-2H3,(H,14,15). The molecule has 1 aromatic carbocycles. The van der Waals surface area contributed by atoms with Crippen LogP contribution < -0.4 is 15.8 Å². The predicted octanol–water partition coefficient (Wildman–Crippen LogP) is 0.570. The second-order valence-corrected chi connectivity index (χ2v) is 3.43. The van der Waals surface area contributed by atoms with E-state index in [2.05, 4.69) is 5.32 Å². The molecule has 0 unspecified atom stereocenters. The molecule has 0 fully saturated rings. The summed E-state index contributed by atoms with van der Waals surface area (Å²) < 4.78 is 10.0. The van der Waals surface area contributed by atoms with Crippen molar-refractivity contribution in [3.63, 3.8) is 0 Å². The number of nitrogens with two attached hydrogens (primary N) is 1. The quantitative estimate of drug-likeness (QED) is 0.590. The molecule has 3 N–H and O–H groups in total. The lowest BCUT2D eigenvalue weighted by atomic mass is 10.2. The number of nitrogen functional groups attached to an aromatic ring is 1. The molecule has 0 aliphatic rings. The lowest BCUT2D eigenvalue weighted by Crippen LogP contribution is -2.25. The van der Waals surface area contributed by atoms with Gasteiger partial charge in [-0.05, 0) is 25.1 Å². The molecule has 0 heterocycles. The molecule has 6 nitrogen and oxygen atoms in total. The highest BCUT2D eigenvalue weighted by atomic mass is 16.5. The zero-order chi connectivity index (χ0) is 13.5. The highest BCUT2D eigenvalue weighted by Crippen LogP contribution is 2.22. The summed E-state index contributed by atoms with van der Waals surface area (Å²) in [5, 5.41) is 2.42. The van der Waals surface area contributed by atoms with Crippen LogP contribution in [-0.2, 0) is 9.53 Å². The number of benzene rings is 1. The van der Waals surface area contributed by atoms with E-state index in [1.54, 1.807) is 6.92 Å². The van der Waals surface area contributed by atoms with Gasteiger partial charge in [0, 0.05) is 7.05 Å². The van der Waals surface area contributed by atoms with Crippen LogP contribution in [0.5, 0.6) is 5.75 Å². The second-order valence-electron chi connectivity index (χ2n) is 3.43. The molecule has 0 aromatic heterocycles. The Labute approximate surface area is 105 Å². The molecule has 6 heteroatoms. The maximum absolute atomic E-state index is 11.4. The van der Waals surface area contributed by atoms with Gasteiger partial charge in [-0.2, -0.15) is 0 Å². The third-order valence-corrected chi connectivity index (χ3v) is 2.16. The van der Waals surface area contributed by atoms with Gasteiger partial charge < -0.3 is 20.5 Å². The average Bonchev–Trinajstić information content (AvgIpc) is 2.37. The molecule has 0 radical (unpaired) electrons. The van der Waals surface area contributed by atoms with Gasteiger partial charge in [0.15, 0.2) is 6.61 Å². The van der Waals surface area contributed by atoms with E-state index in [9.17, 15) is 9.59 Å². The number of amides is 1. The summed E-state index contributed by atoms with van der Waals surface area (Å²) >= 11 is 0. The summed E-state index contributed by atoms with van der Waals surface area (Å²) in [6.07, 6.45) is 0. The Hall–Kier alpha value is -2.24. The number of carbonyl (C=O) groups excluding carboxylic acids is 2. The summed E-state index contributed by atoms with van der Waals surface area (Å²) in [7, 11) is 1.51. The maximum atomic E-state index is 11.4. The topological polar surface area (TPSA) is 90.6 Å². The molecule has 98 valence electrons. The number of rotatable bonds is 5. The first-order valence-electron chi connectivity index (χ1n) is 5.48. The van der Waals surface area contributed by atoms with Gasteiger partial charge in [0.25, 0.3) is 5.91 Å². The van der Waals surface area contributed by atoms with Crippen molar-refractivity contribution in [1.82, 2.24) is 5.32 Å². The summed E-state index contributed by atoms with van der Waals surface area (Å²) in [5.41, 5.74) is 6.35. The largest absolute Gasteiger partial charge is 0.482 e. The number of hydrogen-bond acceptors (Lipinski definition) is 5. The summed E-state index contributed by atoms with van der Waals surface area (Å²) in [6.45, 7) is 1.90. The van der Waals surface area contributed by atoms with Gasteiger partial charge in [0.05, 0.1) is 17.9 Å². The minimum atomic E-state index is -0.443. The van der Waals surface area contributed by atoms with E-state index in [0.29, 0.717) is 17.9 Å². The fourth-order valence-electron chi connectivity index (χ4n) is 1.24. The minimum absolute atomic E-state index is 0.126. The van der Waals surface area contributed by atoms with E-state index < -0.39 is 5.97 Å². The van der Waals surface area contributed by atoms with E-state index in [-0.39, 0.29) is 18.2 Å². The number of anilines is 1. The monoisotopic (exact) mass is 252 g/mol. The first kappa shape index (κ1) is 13.8. The lowest BCUT2D eigenvalue weighted by Gasteiger charge is -2.09. The third kappa shape index (κ3) is 3.65. The van der Waals surface area contributed by atoms with Gasteiger partial charge in [-0.25, -0.2) is 4.79 Å². The third-order valence-electron chi connectivity index (χ3n) is 2.16. The van der Waals surface area contributed by atoms with Crippen LogP contribution in [0.1, 0.15) is 17.3 Å². The molecule has 0 bridgehead atoms. The van der Waals surface area contributed by atoms with Crippen LogP contribution >= 0.6 is 0 Å². The van der Waals surface area contributed by atoms with Crippen molar-refractivity contribution in [2.75, 3.05) is 26.0 Å². The van der Waals surface area contributed by atoms with Crippen LogP contribution in [0, 0.1) is 0 Å². The van der Waals surface area contributed by atoms with E-state index >= 15 is 0 Å². The van der Waals surface area contributed by atoms with Crippen molar-refractivity contribution in [3.8, 4) is 5.75 Å². The van der Waals surface area contributed by atoms with Crippen molar-refractivity contribution >= 4 is 17.6 Å². The molecule has 0 spiro atoms. The van der Waals surface area contributed by atoms with Crippen LogP contribution in [-0.4, -0.2) is 32.1 Å². The Bertz CT molecular complexity index is 446. The number of ether oxygens (including phenoxy) is 2. The highest BCUT2D eigenvalue weighted by Gasteiger charge is 2.10. The maximum Gasteiger partial charge on any atom is 0.338 e. The Morgan fingerprint density at radius 2 is 2.11 bits per heavy atom. The first-order valence-corrected chi connectivity index (χ1v) is 5.48. The zero-order valence-corrected chi connectivity index (χ0v) is 10.4. The Kier molecular flexibility index (Phi) is 4.98. The van der Waals surface area contributed by atoms with Crippen LogP contribution in [0.2, 0.25) is 0 Å². The van der Waals surface area contributed by atoms with Crippen LogP contribution in [0.4, 0.5) is 5.69 Å². The van der Waals surface area contributed by atoms with Gasteiger partial charge in [0.1, 0.15) is 5.75 Å². The van der Waals surface area contributed by atoms with Crippen molar-refractivity contribution in [2.24, 2.45) is 0 Å². The number of nitrogens with one attached hydrogen (secondary N) is 1. The van der Waals surface area contributed by atoms with E-state index in [1.807, 2.05) is 0 Å². The van der Waals surface area contributed by atoms with Crippen LogP contribution in [0.3, 0.4) is 0 Å². The van der Waals surface area contributed by atoms with Crippen molar-refractivity contribution in [3.05, 3.63) is 23.8 Å². The molecule has 0 aliphatic carbocycles. The molecule has 0 saturated heterocycles. The molecular weight excluding hydrogens is 236 g/mol. The number of esters is 1. The Balaban J connectivity index is 2.73. The van der Waals surface area contributed by atoms with E-state index in [4.69, 9.17) is 15.2 Å². The average molecular weight is 252 g/mol. The molecule has 0 saturated carbocycles. The van der Waals surface area contributed by atoms with E-state index in [0.717, 1.165) is 0 Å². The first-order chi connectivity index (χ1) is 8.58. The molecule has 18 heavy (non-hydrogen) atoms. The Morgan fingerprint density at radius 1 is 1.39 bits per heavy atom. The normalized spacial score (nSPS) is 9.67. The summed E-state index contributed by atoms with van der Waals surface area (Å²) in [4.78, 5) is 22.4. The van der Waals surface area contributed by atoms with Crippen LogP contribution in [0.15, 0.2) is 18.2 Å². The molecule has 0 atom stereocenters. The van der Waals surface area contributed by atoms with Gasteiger partial charge in [-0.3, -0.25) is 4.79 Å². The van der Waals surface area contributed by atoms with Gasteiger partial charge >= 0.3 is 5.97 Å². The fourth-order valence-corrected chi connectivity index (χ4v) is 1.24. The molecule has 0 aliphatic heterocycles. The van der Waals surface area contributed by atoms with Crippen molar-refractivity contribution in [1.29, 1.82) is 0 Å². The van der Waals surface area contributed by atoms with Crippen molar-refractivity contribution in [2.45, 2.75) is 6.92 Å². The highest BCUT2D eigenvalue weighted by molar-refractivity contribution is 5.91. The number of hydrogen-bond donors (Lipinski definition) is 2. The van der Waals surface area contributed by atoms with Gasteiger partial charge in [-0.1, -0.05) is 0 Å². The lowest BCUT2D eigenvalue weighted by molar-refractivity contribution is -0.122. The number of likely N-dealkylation sites (N-methyl/N-ethyl adjacent to an activating group) is 1. The molecule has 1 rings (SSSR count). The smallest absolute Gasteiger partial charge is 0.338 e. The minimum Gasteiger partial charge on any atom is -0.482 e. The second kappa shape index (κ2) is 6.48. The predicted molar refractivity (Wildman–Crippen MR) is 66.4 cm³/mol. The molecular formula is C12H16N2O4. The zero-order valence-electron chi connectivity index (χ0n) is 10.4. The van der Waals surface area contributed by atoms with E-state index in [1.165, 1.54) is 25.2 Å². The SMILES string of the molecule is CCOC(=O)c1ccc(OCC(=O)NC)c(N)c1. The Morgan fingerprint density at radius 3 is 2.67 bits per heavy atom. The summed E-state index contributed by atoms with van der Waals surface area (Å²) in [5.74, 6) is -0.349. The van der Waals surface area contributed by atoms with Crippen LogP contribution in [0.25, 0.3) is 0 Å². The van der Waals surface area contributed by atoms with Gasteiger partial charge in [-0.15, -0.1) is 0 Å². The van der Waals surface area contributed by atoms with Gasteiger partial charge in [0.2, 0.25) is 0 Å². The van der Waals surface area contributed by atoms with Crippen molar-refractivity contribution < 1.29 is 19.1 Å². The fraction of sp³-hybridized carbons (Fsp3) is 0.333. The molecule has 1 aromatic rings. The molecule has 1 amide bonds.